The molecule has 0 unspecified atom stereocenters. The standard InChI is InChI=1S/C16H14ClF3N2O2S/c17-14-6-13(16(18,19)20)3-4-15(14)25(23,24)22-7-10-1-2-11-8-21-9-12(11)5-10/h1-6,21-22H,7-9H2. The zero-order valence-corrected chi connectivity index (χ0v) is 14.4. The third-order valence-corrected chi connectivity index (χ3v) is 5.80. The third-order valence-electron chi connectivity index (χ3n) is 3.92. The number of halogens is 4. The van der Waals surface area contributed by atoms with Crippen molar-refractivity contribution in [2.75, 3.05) is 0 Å². The topological polar surface area (TPSA) is 58.2 Å². The van der Waals surface area contributed by atoms with Crippen molar-refractivity contribution in [3.8, 4) is 0 Å². The number of sulfonamides is 1. The van der Waals surface area contributed by atoms with Gasteiger partial charge in [-0.05, 0) is 34.9 Å². The van der Waals surface area contributed by atoms with Crippen LogP contribution in [0.1, 0.15) is 22.3 Å². The Kier molecular flexibility index (Phi) is 4.80. The van der Waals surface area contributed by atoms with Gasteiger partial charge in [-0.2, -0.15) is 13.2 Å². The fraction of sp³-hybridized carbons (Fsp3) is 0.250. The van der Waals surface area contributed by atoms with E-state index in [9.17, 15) is 21.6 Å². The van der Waals surface area contributed by atoms with E-state index >= 15 is 0 Å². The predicted octanol–water partition coefficient (Wildman–Crippen LogP) is 3.44. The quantitative estimate of drug-likeness (QED) is 0.840. The van der Waals surface area contributed by atoms with Gasteiger partial charge in [0.15, 0.2) is 0 Å². The summed E-state index contributed by atoms with van der Waals surface area (Å²) < 4.78 is 65.0. The van der Waals surface area contributed by atoms with Crippen LogP contribution in [0.3, 0.4) is 0 Å². The van der Waals surface area contributed by atoms with E-state index in [1.165, 1.54) is 0 Å². The van der Waals surface area contributed by atoms with E-state index in [2.05, 4.69) is 10.0 Å². The van der Waals surface area contributed by atoms with Crippen LogP contribution >= 0.6 is 11.6 Å². The summed E-state index contributed by atoms with van der Waals surface area (Å²) in [6, 6.07) is 7.79. The molecule has 0 spiro atoms. The zero-order chi connectivity index (χ0) is 18.2. The van der Waals surface area contributed by atoms with Crippen LogP contribution in [-0.2, 0) is 35.8 Å². The molecule has 0 amide bonds. The number of benzene rings is 2. The summed E-state index contributed by atoms with van der Waals surface area (Å²) in [5.74, 6) is 0. The Balaban J connectivity index is 1.78. The monoisotopic (exact) mass is 390 g/mol. The van der Waals surface area contributed by atoms with Gasteiger partial charge in [0.05, 0.1) is 10.6 Å². The Morgan fingerprint density at radius 3 is 2.48 bits per heavy atom. The van der Waals surface area contributed by atoms with E-state index in [0.717, 1.165) is 35.8 Å². The highest BCUT2D eigenvalue weighted by Gasteiger charge is 2.32. The van der Waals surface area contributed by atoms with Crippen molar-refractivity contribution in [3.63, 3.8) is 0 Å². The maximum atomic E-state index is 12.6. The van der Waals surface area contributed by atoms with Crippen molar-refractivity contribution < 1.29 is 21.6 Å². The lowest BCUT2D eigenvalue weighted by Gasteiger charge is -2.12. The minimum atomic E-state index is -4.59. The van der Waals surface area contributed by atoms with Gasteiger partial charge in [-0.25, -0.2) is 13.1 Å². The lowest BCUT2D eigenvalue weighted by Crippen LogP contribution is -2.24. The average molecular weight is 391 g/mol. The summed E-state index contributed by atoms with van der Waals surface area (Å²) >= 11 is 5.75. The number of nitrogens with one attached hydrogen (secondary N) is 2. The van der Waals surface area contributed by atoms with E-state index in [0.29, 0.717) is 12.1 Å². The predicted molar refractivity (Wildman–Crippen MR) is 87.5 cm³/mol. The molecule has 1 aliphatic rings. The molecular weight excluding hydrogens is 377 g/mol. The van der Waals surface area contributed by atoms with E-state index < -0.39 is 26.8 Å². The lowest BCUT2D eigenvalue weighted by atomic mass is 10.1. The van der Waals surface area contributed by atoms with E-state index in [1.807, 2.05) is 18.2 Å². The van der Waals surface area contributed by atoms with Crippen molar-refractivity contribution in [2.24, 2.45) is 0 Å². The highest BCUT2D eigenvalue weighted by Crippen LogP contribution is 2.33. The van der Waals surface area contributed by atoms with E-state index in [4.69, 9.17) is 11.6 Å². The van der Waals surface area contributed by atoms with Crippen LogP contribution in [0, 0.1) is 0 Å². The highest BCUT2D eigenvalue weighted by atomic mass is 35.5. The molecule has 2 aromatic carbocycles. The lowest BCUT2D eigenvalue weighted by molar-refractivity contribution is -0.137. The van der Waals surface area contributed by atoms with Gasteiger partial charge in [-0.3, -0.25) is 0 Å². The summed E-state index contributed by atoms with van der Waals surface area (Å²) in [4.78, 5) is -0.384. The second-order valence-corrected chi connectivity index (χ2v) is 7.82. The smallest absolute Gasteiger partial charge is 0.309 e. The Morgan fingerprint density at radius 2 is 1.80 bits per heavy atom. The van der Waals surface area contributed by atoms with Crippen molar-refractivity contribution in [2.45, 2.75) is 30.7 Å². The fourth-order valence-electron chi connectivity index (χ4n) is 2.61. The molecule has 2 N–H and O–H groups in total. The Hall–Kier alpha value is -1.61. The molecule has 2 aromatic rings. The van der Waals surface area contributed by atoms with Gasteiger partial charge in [-0.1, -0.05) is 29.8 Å². The maximum Gasteiger partial charge on any atom is 0.416 e. The summed E-state index contributed by atoms with van der Waals surface area (Å²) in [6.45, 7) is 1.52. The van der Waals surface area contributed by atoms with Crippen LogP contribution in [0.25, 0.3) is 0 Å². The SMILES string of the molecule is O=S(=O)(NCc1ccc2c(c1)CNC2)c1ccc(C(F)(F)F)cc1Cl. The van der Waals surface area contributed by atoms with Crippen LogP contribution in [0.15, 0.2) is 41.3 Å². The van der Waals surface area contributed by atoms with Crippen LogP contribution in [0.5, 0.6) is 0 Å². The first-order valence-electron chi connectivity index (χ1n) is 7.34. The molecule has 0 bridgehead atoms. The fourth-order valence-corrected chi connectivity index (χ4v) is 4.17. The summed E-state index contributed by atoms with van der Waals surface area (Å²) in [5.41, 5.74) is 2.03. The molecular formula is C16H14ClF3N2O2S. The second-order valence-electron chi connectivity index (χ2n) is 5.67. The molecule has 0 atom stereocenters. The number of fused-ring (bicyclic) bond motifs is 1. The van der Waals surface area contributed by atoms with Crippen LogP contribution in [0.4, 0.5) is 13.2 Å². The molecule has 1 aliphatic heterocycles. The Bertz CT molecular complexity index is 914. The van der Waals surface area contributed by atoms with Gasteiger partial charge in [-0.15, -0.1) is 0 Å². The average Bonchev–Trinajstić information content (AvgIpc) is 2.99. The second kappa shape index (κ2) is 6.60. The highest BCUT2D eigenvalue weighted by molar-refractivity contribution is 7.89. The van der Waals surface area contributed by atoms with Gasteiger partial charge in [0.1, 0.15) is 4.90 Å². The number of hydrogen-bond acceptors (Lipinski definition) is 3. The molecule has 0 saturated heterocycles. The van der Waals surface area contributed by atoms with E-state index in [1.54, 1.807) is 0 Å². The molecule has 0 aliphatic carbocycles. The number of hydrogen-bond donors (Lipinski definition) is 2. The third kappa shape index (κ3) is 3.98. The summed E-state index contributed by atoms with van der Waals surface area (Å²) in [7, 11) is -4.03. The number of rotatable bonds is 4. The Labute approximate surface area is 148 Å². The first-order valence-corrected chi connectivity index (χ1v) is 9.21. The van der Waals surface area contributed by atoms with Crippen molar-refractivity contribution in [1.82, 2.24) is 10.0 Å². The molecule has 25 heavy (non-hydrogen) atoms. The van der Waals surface area contributed by atoms with Crippen molar-refractivity contribution >= 4 is 21.6 Å². The maximum absolute atomic E-state index is 12.6. The van der Waals surface area contributed by atoms with Crippen LogP contribution in [0.2, 0.25) is 5.02 Å². The normalized spacial score (nSPS) is 14.6. The molecule has 0 saturated carbocycles. The molecule has 134 valence electrons. The molecule has 3 rings (SSSR count). The van der Waals surface area contributed by atoms with Crippen LogP contribution < -0.4 is 10.0 Å². The molecule has 4 nitrogen and oxygen atoms in total. The molecule has 9 heteroatoms. The summed E-state index contributed by atoms with van der Waals surface area (Å²) in [6.07, 6.45) is -4.59. The molecule has 0 radical (unpaired) electrons. The Morgan fingerprint density at radius 1 is 1.08 bits per heavy atom. The first kappa shape index (κ1) is 18.2. The van der Waals surface area contributed by atoms with Gasteiger partial charge < -0.3 is 5.32 Å². The number of alkyl halides is 3. The minimum Gasteiger partial charge on any atom is -0.309 e. The minimum absolute atomic E-state index is 0.0208. The van der Waals surface area contributed by atoms with E-state index in [-0.39, 0.29) is 11.4 Å². The van der Waals surface area contributed by atoms with Crippen molar-refractivity contribution in [1.29, 1.82) is 0 Å². The summed E-state index contributed by atoms with van der Waals surface area (Å²) in [5, 5.41) is 2.72. The van der Waals surface area contributed by atoms with Gasteiger partial charge in [0.25, 0.3) is 0 Å². The molecule has 0 aromatic heterocycles. The van der Waals surface area contributed by atoms with Gasteiger partial charge in [0, 0.05) is 19.6 Å². The largest absolute Gasteiger partial charge is 0.416 e. The van der Waals surface area contributed by atoms with Crippen LogP contribution in [-0.4, -0.2) is 8.42 Å². The zero-order valence-electron chi connectivity index (χ0n) is 12.8. The molecule has 1 heterocycles. The molecule has 0 fully saturated rings. The van der Waals surface area contributed by atoms with Gasteiger partial charge >= 0.3 is 6.18 Å². The van der Waals surface area contributed by atoms with Gasteiger partial charge in [0.2, 0.25) is 10.0 Å². The first-order chi connectivity index (χ1) is 11.7. The van der Waals surface area contributed by atoms with Crippen molar-refractivity contribution in [3.05, 3.63) is 63.7 Å².